The van der Waals surface area contributed by atoms with Gasteiger partial charge in [0, 0.05) is 6.54 Å². The molecule has 2 aliphatic heterocycles. The van der Waals surface area contributed by atoms with Gasteiger partial charge in [-0.25, -0.2) is 0 Å². The van der Waals surface area contributed by atoms with Crippen LogP contribution < -0.4 is 10.6 Å². The lowest BCUT2D eigenvalue weighted by Gasteiger charge is -2.29. The van der Waals surface area contributed by atoms with E-state index in [1.54, 1.807) is 0 Å². The van der Waals surface area contributed by atoms with Crippen LogP contribution in [-0.4, -0.2) is 51.2 Å². The smallest absolute Gasteiger partial charge is 0.000709 e. The molecule has 2 heterocycles. The fourth-order valence-corrected chi connectivity index (χ4v) is 3.21. The van der Waals surface area contributed by atoms with Gasteiger partial charge in [-0.1, -0.05) is 0 Å². The summed E-state index contributed by atoms with van der Waals surface area (Å²) in [5, 5.41) is 7.06. The van der Waals surface area contributed by atoms with Gasteiger partial charge >= 0.3 is 0 Å². The summed E-state index contributed by atoms with van der Waals surface area (Å²) in [6.45, 7) is 7.54. The van der Waals surface area contributed by atoms with E-state index >= 15 is 0 Å². The van der Waals surface area contributed by atoms with Crippen molar-refractivity contribution < 1.29 is 0 Å². The van der Waals surface area contributed by atoms with E-state index in [9.17, 15) is 0 Å². The summed E-state index contributed by atoms with van der Waals surface area (Å²) in [4.78, 5) is 2.48. The third kappa shape index (κ3) is 4.94. The maximum atomic E-state index is 3.63. The normalized spacial score (nSPS) is 30.9. The van der Waals surface area contributed by atoms with Crippen LogP contribution in [0.2, 0.25) is 0 Å². The molecule has 2 unspecified atom stereocenters. The molecule has 0 spiro atoms. The Kier molecular flexibility index (Phi) is 5.75. The predicted octanol–water partition coefficient (Wildman–Crippen LogP) is 1.31. The number of nitrogens with zero attached hydrogens (tertiary/aromatic N) is 1. The summed E-state index contributed by atoms with van der Waals surface area (Å²) in [5.41, 5.74) is 0. The minimum Gasteiger partial charge on any atom is -0.317 e. The Morgan fingerprint density at radius 3 is 2.71 bits per heavy atom. The van der Waals surface area contributed by atoms with E-state index in [2.05, 4.69) is 22.6 Å². The van der Waals surface area contributed by atoms with Crippen LogP contribution in [0.5, 0.6) is 0 Å². The second-order valence-corrected chi connectivity index (χ2v) is 5.96. The summed E-state index contributed by atoms with van der Waals surface area (Å²) in [7, 11) is 2.26. The standard InChI is InChI=1S/C14H29N3/c1-17-10-2-3-14(12-17)6-8-15-7-4-13-5-9-16-11-13/h13-16H,2-12H2,1H3. The molecule has 2 saturated heterocycles. The van der Waals surface area contributed by atoms with Gasteiger partial charge in [-0.15, -0.1) is 0 Å². The molecule has 0 aromatic carbocycles. The minimum atomic E-state index is 0.934. The summed E-state index contributed by atoms with van der Waals surface area (Å²) < 4.78 is 0. The number of rotatable bonds is 6. The average Bonchev–Trinajstić information content (AvgIpc) is 2.82. The Labute approximate surface area is 106 Å². The third-order valence-corrected chi connectivity index (χ3v) is 4.34. The highest BCUT2D eigenvalue weighted by Crippen LogP contribution is 2.17. The first-order chi connectivity index (χ1) is 8.34. The van der Waals surface area contributed by atoms with Crippen LogP contribution in [0.3, 0.4) is 0 Å². The second kappa shape index (κ2) is 7.34. The summed E-state index contributed by atoms with van der Waals surface area (Å²) in [5.74, 6) is 1.87. The molecule has 0 aliphatic carbocycles. The van der Waals surface area contributed by atoms with Crippen LogP contribution >= 0.6 is 0 Å². The molecular formula is C14H29N3. The molecule has 3 nitrogen and oxygen atoms in total. The second-order valence-electron chi connectivity index (χ2n) is 5.96. The fraction of sp³-hybridized carbons (Fsp3) is 1.00. The molecule has 0 bridgehead atoms. The van der Waals surface area contributed by atoms with Crippen molar-refractivity contribution in [2.75, 3.05) is 46.3 Å². The van der Waals surface area contributed by atoms with Crippen LogP contribution in [0.25, 0.3) is 0 Å². The highest BCUT2D eigenvalue weighted by Gasteiger charge is 2.16. The number of hydrogen-bond acceptors (Lipinski definition) is 3. The molecule has 17 heavy (non-hydrogen) atoms. The zero-order chi connectivity index (χ0) is 11.9. The van der Waals surface area contributed by atoms with E-state index in [1.165, 1.54) is 71.4 Å². The lowest BCUT2D eigenvalue weighted by molar-refractivity contribution is 0.201. The van der Waals surface area contributed by atoms with Crippen molar-refractivity contribution in [3.63, 3.8) is 0 Å². The highest BCUT2D eigenvalue weighted by molar-refractivity contribution is 4.73. The van der Waals surface area contributed by atoms with E-state index in [0.717, 1.165) is 11.8 Å². The van der Waals surface area contributed by atoms with Gasteiger partial charge in [-0.05, 0) is 83.7 Å². The first kappa shape index (κ1) is 13.3. The Morgan fingerprint density at radius 2 is 2.00 bits per heavy atom. The molecule has 0 saturated carbocycles. The third-order valence-electron chi connectivity index (χ3n) is 4.34. The van der Waals surface area contributed by atoms with E-state index in [1.807, 2.05) is 0 Å². The van der Waals surface area contributed by atoms with Gasteiger partial charge < -0.3 is 15.5 Å². The highest BCUT2D eigenvalue weighted by atomic mass is 15.1. The molecule has 2 N–H and O–H groups in total. The van der Waals surface area contributed by atoms with E-state index in [4.69, 9.17) is 0 Å². The lowest BCUT2D eigenvalue weighted by atomic mass is 9.95. The molecule has 0 aromatic rings. The van der Waals surface area contributed by atoms with Gasteiger partial charge in [-0.2, -0.15) is 0 Å². The molecule has 100 valence electrons. The van der Waals surface area contributed by atoms with Gasteiger partial charge in [0.15, 0.2) is 0 Å². The van der Waals surface area contributed by atoms with Crippen molar-refractivity contribution >= 4 is 0 Å². The SMILES string of the molecule is CN1CCCC(CCNCCC2CCNC2)C1. The summed E-state index contributed by atoms with van der Waals surface area (Å²) in [6.07, 6.45) is 6.95. The Morgan fingerprint density at radius 1 is 1.18 bits per heavy atom. The molecule has 2 atom stereocenters. The van der Waals surface area contributed by atoms with Gasteiger partial charge in [0.25, 0.3) is 0 Å². The van der Waals surface area contributed by atoms with Crippen molar-refractivity contribution in [1.29, 1.82) is 0 Å². The molecular weight excluding hydrogens is 210 g/mol. The number of likely N-dealkylation sites (tertiary alicyclic amines) is 1. The number of hydrogen-bond donors (Lipinski definition) is 2. The first-order valence-electron chi connectivity index (χ1n) is 7.44. The van der Waals surface area contributed by atoms with Crippen LogP contribution in [-0.2, 0) is 0 Å². The summed E-state index contributed by atoms with van der Waals surface area (Å²) in [6, 6.07) is 0. The molecule has 2 rings (SSSR count). The van der Waals surface area contributed by atoms with Crippen molar-refractivity contribution in [1.82, 2.24) is 15.5 Å². The average molecular weight is 239 g/mol. The van der Waals surface area contributed by atoms with Crippen molar-refractivity contribution in [3.8, 4) is 0 Å². The minimum absolute atomic E-state index is 0.934. The molecule has 3 heteroatoms. The molecule has 0 aromatic heterocycles. The van der Waals surface area contributed by atoms with Crippen molar-refractivity contribution in [3.05, 3.63) is 0 Å². The van der Waals surface area contributed by atoms with Gasteiger partial charge in [0.1, 0.15) is 0 Å². The van der Waals surface area contributed by atoms with Crippen molar-refractivity contribution in [2.45, 2.75) is 32.1 Å². The van der Waals surface area contributed by atoms with Crippen LogP contribution in [0.15, 0.2) is 0 Å². The van der Waals surface area contributed by atoms with Crippen LogP contribution in [0, 0.1) is 11.8 Å². The van der Waals surface area contributed by atoms with Gasteiger partial charge in [-0.3, -0.25) is 0 Å². The van der Waals surface area contributed by atoms with Crippen LogP contribution in [0.4, 0.5) is 0 Å². The van der Waals surface area contributed by atoms with Crippen molar-refractivity contribution in [2.24, 2.45) is 11.8 Å². The molecule has 2 aliphatic rings. The van der Waals surface area contributed by atoms with E-state index in [0.29, 0.717) is 0 Å². The molecule has 2 fully saturated rings. The van der Waals surface area contributed by atoms with Crippen LogP contribution in [0.1, 0.15) is 32.1 Å². The first-order valence-corrected chi connectivity index (χ1v) is 7.44. The lowest BCUT2D eigenvalue weighted by Crippen LogP contribution is -2.33. The number of piperidine rings is 1. The Balaban J connectivity index is 1.45. The van der Waals surface area contributed by atoms with E-state index in [-0.39, 0.29) is 0 Å². The maximum absolute atomic E-state index is 3.63. The van der Waals surface area contributed by atoms with Gasteiger partial charge in [0.05, 0.1) is 0 Å². The molecule has 0 amide bonds. The topological polar surface area (TPSA) is 27.3 Å². The number of nitrogens with one attached hydrogen (secondary N) is 2. The zero-order valence-electron chi connectivity index (χ0n) is 11.4. The predicted molar refractivity (Wildman–Crippen MR) is 73.3 cm³/mol. The quantitative estimate of drug-likeness (QED) is 0.684. The van der Waals surface area contributed by atoms with Gasteiger partial charge in [0.2, 0.25) is 0 Å². The maximum Gasteiger partial charge on any atom is 0.000709 e. The fourth-order valence-electron chi connectivity index (χ4n) is 3.21. The monoisotopic (exact) mass is 239 g/mol. The summed E-state index contributed by atoms with van der Waals surface area (Å²) >= 11 is 0. The Bertz CT molecular complexity index is 202. The van der Waals surface area contributed by atoms with E-state index < -0.39 is 0 Å². The Hall–Kier alpha value is -0.120. The molecule has 0 radical (unpaired) electrons. The largest absolute Gasteiger partial charge is 0.317 e. The zero-order valence-corrected chi connectivity index (χ0v) is 11.4.